The van der Waals surface area contributed by atoms with E-state index in [2.05, 4.69) is 11.4 Å². The van der Waals surface area contributed by atoms with Gasteiger partial charge in [0, 0.05) is 25.6 Å². The van der Waals surface area contributed by atoms with Crippen LogP contribution in [0.4, 0.5) is 0 Å². The molecule has 0 unspecified atom stereocenters. The second-order valence-corrected chi connectivity index (χ2v) is 3.37. The molecule has 0 amide bonds. The van der Waals surface area contributed by atoms with Crippen molar-refractivity contribution in [1.29, 1.82) is 0 Å². The van der Waals surface area contributed by atoms with Crippen molar-refractivity contribution in [3.8, 4) is 0 Å². The third-order valence-corrected chi connectivity index (χ3v) is 2.39. The van der Waals surface area contributed by atoms with Gasteiger partial charge < -0.3 is 10.1 Å². The van der Waals surface area contributed by atoms with Crippen molar-refractivity contribution in [2.75, 3.05) is 19.5 Å². The minimum atomic E-state index is 0.486. The van der Waals surface area contributed by atoms with Crippen molar-refractivity contribution in [3.05, 3.63) is 12.2 Å². The maximum atomic E-state index is 5.48. The van der Waals surface area contributed by atoms with E-state index in [1.165, 1.54) is 0 Å². The molecule has 0 spiro atoms. The highest BCUT2D eigenvalue weighted by Gasteiger charge is 2.27. The molecule has 1 rings (SSSR count). The fraction of sp³-hybridized carbons (Fsp3) is 0.778. The lowest BCUT2D eigenvalue weighted by atomic mass is 9.89. The smallest absolute Gasteiger partial charge is 0.0601 e. The Bertz CT molecular complexity index is 143. The van der Waals surface area contributed by atoms with Gasteiger partial charge >= 0.3 is 0 Å². The maximum Gasteiger partial charge on any atom is 0.0601 e. The second-order valence-electron chi connectivity index (χ2n) is 3.06. The minimum Gasteiger partial charge on any atom is -0.381 e. The summed E-state index contributed by atoms with van der Waals surface area (Å²) in [6.07, 6.45) is 6.80. The van der Waals surface area contributed by atoms with Gasteiger partial charge in [-0.25, -0.2) is 0 Å². The largest absolute Gasteiger partial charge is 0.381 e. The number of allylic oxidation sites excluding steroid dienone is 1. The topological polar surface area (TPSA) is 21.3 Å². The standard InChI is InChI=1S/C9H16ClNO/c1-12-9-6-8(7-9)11-5-3-2-4-10/h2-3,8-9,11H,4-7H2,1H3/b3-2+. The van der Waals surface area contributed by atoms with Crippen LogP contribution in [0.1, 0.15) is 12.8 Å². The molecular formula is C9H16ClNO. The highest BCUT2D eigenvalue weighted by Crippen LogP contribution is 2.21. The van der Waals surface area contributed by atoms with Gasteiger partial charge in [0.1, 0.15) is 0 Å². The van der Waals surface area contributed by atoms with E-state index in [1.807, 2.05) is 6.08 Å². The second kappa shape index (κ2) is 5.57. The van der Waals surface area contributed by atoms with Gasteiger partial charge in [-0.3, -0.25) is 0 Å². The Labute approximate surface area is 78.9 Å². The molecule has 0 saturated heterocycles. The average Bonchev–Trinajstić information content (AvgIpc) is 2.01. The molecule has 2 nitrogen and oxygen atoms in total. The molecule has 0 aliphatic heterocycles. The summed E-state index contributed by atoms with van der Waals surface area (Å²) in [6, 6.07) is 0.648. The number of alkyl halides is 1. The third kappa shape index (κ3) is 3.13. The van der Waals surface area contributed by atoms with Gasteiger partial charge in [-0.15, -0.1) is 11.6 Å². The Morgan fingerprint density at radius 3 is 2.83 bits per heavy atom. The van der Waals surface area contributed by atoms with E-state index in [4.69, 9.17) is 16.3 Å². The number of hydrogen-bond donors (Lipinski definition) is 1. The Kier molecular flexibility index (Phi) is 4.66. The zero-order valence-corrected chi connectivity index (χ0v) is 8.18. The van der Waals surface area contributed by atoms with Crippen LogP contribution in [-0.2, 0) is 4.74 Å². The molecule has 1 fully saturated rings. The van der Waals surface area contributed by atoms with E-state index in [1.54, 1.807) is 7.11 Å². The fourth-order valence-electron chi connectivity index (χ4n) is 1.31. The monoisotopic (exact) mass is 189 g/mol. The van der Waals surface area contributed by atoms with E-state index in [-0.39, 0.29) is 0 Å². The molecule has 0 heterocycles. The Morgan fingerprint density at radius 2 is 2.25 bits per heavy atom. The van der Waals surface area contributed by atoms with Crippen LogP contribution in [-0.4, -0.2) is 31.7 Å². The van der Waals surface area contributed by atoms with Gasteiger partial charge in [0.05, 0.1) is 6.10 Å². The summed E-state index contributed by atoms with van der Waals surface area (Å²) in [5.41, 5.74) is 0. The lowest BCUT2D eigenvalue weighted by Crippen LogP contribution is -2.44. The lowest BCUT2D eigenvalue weighted by molar-refractivity contribution is 0.0185. The van der Waals surface area contributed by atoms with E-state index in [9.17, 15) is 0 Å². The Hall–Kier alpha value is -0.0500. The SMILES string of the molecule is COC1CC(NC/C=C/CCl)C1. The van der Waals surface area contributed by atoms with Gasteiger partial charge in [-0.05, 0) is 12.8 Å². The molecule has 0 bridgehead atoms. The summed E-state index contributed by atoms with van der Waals surface area (Å²) in [5.74, 6) is 0.604. The molecular weight excluding hydrogens is 174 g/mol. The zero-order chi connectivity index (χ0) is 8.81. The van der Waals surface area contributed by atoms with Crippen LogP contribution in [0.25, 0.3) is 0 Å². The fourth-order valence-corrected chi connectivity index (χ4v) is 1.43. The first kappa shape index (κ1) is 10.0. The maximum absolute atomic E-state index is 5.48. The predicted octanol–water partition coefficient (Wildman–Crippen LogP) is 1.55. The van der Waals surface area contributed by atoms with Crippen molar-refractivity contribution >= 4 is 11.6 Å². The predicted molar refractivity (Wildman–Crippen MR) is 51.7 cm³/mol. The van der Waals surface area contributed by atoms with Crippen LogP contribution < -0.4 is 5.32 Å². The van der Waals surface area contributed by atoms with E-state index in [0.717, 1.165) is 19.4 Å². The van der Waals surface area contributed by atoms with Gasteiger partial charge in [0.2, 0.25) is 0 Å². The quantitative estimate of drug-likeness (QED) is 0.524. The summed E-state index contributed by atoms with van der Waals surface area (Å²) in [6.45, 7) is 0.924. The zero-order valence-electron chi connectivity index (χ0n) is 7.42. The highest BCUT2D eigenvalue weighted by atomic mass is 35.5. The van der Waals surface area contributed by atoms with Crippen molar-refractivity contribution < 1.29 is 4.74 Å². The van der Waals surface area contributed by atoms with Gasteiger partial charge in [0.15, 0.2) is 0 Å². The van der Waals surface area contributed by atoms with Crippen LogP contribution in [0.5, 0.6) is 0 Å². The summed E-state index contributed by atoms with van der Waals surface area (Å²) in [4.78, 5) is 0. The van der Waals surface area contributed by atoms with E-state index >= 15 is 0 Å². The van der Waals surface area contributed by atoms with Crippen LogP contribution in [0.15, 0.2) is 12.2 Å². The summed E-state index contributed by atoms with van der Waals surface area (Å²) >= 11 is 5.48. The first-order valence-electron chi connectivity index (χ1n) is 4.34. The molecule has 1 aliphatic carbocycles. The van der Waals surface area contributed by atoms with Gasteiger partial charge in [-0.1, -0.05) is 12.2 Å². The third-order valence-electron chi connectivity index (χ3n) is 2.21. The van der Waals surface area contributed by atoms with E-state index < -0.39 is 0 Å². The van der Waals surface area contributed by atoms with Crippen LogP contribution in [0.2, 0.25) is 0 Å². The molecule has 1 saturated carbocycles. The lowest BCUT2D eigenvalue weighted by Gasteiger charge is -2.34. The molecule has 0 aromatic carbocycles. The Morgan fingerprint density at radius 1 is 1.50 bits per heavy atom. The number of rotatable bonds is 5. The van der Waals surface area contributed by atoms with Crippen LogP contribution >= 0.6 is 11.6 Å². The molecule has 3 heteroatoms. The summed E-state index contributed by atoms with van der Waals surface area (Å²) < 4.78 is 5.16. The van der Waals surface area contributed by atoms with Crippen LogP contribution in [0, 0.1) is 0 Å². The number of ether oxygens (including phenoxy) is 1. The Balaban J connectivity index is 1.93. The molecule has 0 radical (unpaired) electrons. The molecule has 70 valence electrons. The highest BCUT2D eigenvalue weighted by molar-refractivity contribution is 6.18. The van der Waals surface area contributed by atoms with Gasteiger partial charge in [-0.2, -0.15) is 0 Å². The first-order valence-corrected chi connectivity index (χ1v) is 4.87. The first-order chi connectivity index (χ1) is 5.86. The average molecular weight is 190 g/mol. The molecule has 1 aliphatic rings. The number of nitrogens with one attached hydrogen (secondary N) is 1. The molecule has 0 aromatic heterocycles. The molecule has 12 heavy (non-hydrogen) atoms. The van der Waals surface area contributed by atoms with Crippen molar-refractivity contribution in [2.24, 2.45) is 0 Å². The van der Waals surface area contributed by atoms with Crippen LogP contribution in [0.3, 0.4) is 0 Å². The molecule has 0 aromatic rings. The van der Waals surface area contributed by atoms with Crippen molar-refractivity contribution in [3.63, 3.8) is 0 Å². The van der Waals surface area contributed by atoms with Crippen molar-refractivity contribution in [2.45, 2.75) is 25.0 Å². The normalized spacial score (nSPS) is 29.2. The molecule has 0 atom stereocenters. The minimum absolute atomic E-state index is 0.486. The van der Waals surface area contributed by atoms with Crippen molar-refractivity contribution in [1.82, 2.24) is 5.32 Å². The number of halogens is 1. The van der Waals surface area contributed by atoms with E-state index in [0.29, 0.717) is 18.0 Å². The summed E-state index contributed by atoms with van der Waals surface area (Å²) in [7, 11) is 1.77. The summed E-state index contributed by atoms with van der Waals surface area (Å²) in [5, 5.41) is 3.39. The molecule has 1 N–H and O–H groups in total. The van der Waals surface area contributed by atoms with Gasteiger partial charge in [0.25, 0.3) is 0 Å². The number of methoxy groups -OCH3 is 1. The number of hydrogen-bond acceptors (Lipinski definition) is 2.